The number of fused-ring (bicyclic) bond motifs is 1. The lowest BCUT2D eigenvalue weighted by atomic mass is 10.0. The normalized spacial score (nSPS) is 11.2. The molecule has 28 heavy (non-hydrogen) atoms. The maximum absolute atomic E-state index is 12.7. The van der Waals surface area contributed by atoms with Crippen LogP contribution in [-0.4, -0.2) is 29.7 Å². The van der Waals surface area contributed by atoms with Gasteiger partial charge in [-0.15, -0.1) is 11.8 Å². The summed E-state index contributed by atoms with van der Waals surface area (Å²) >= 11 is 1.61. The summed E-state index contributed by atoms with van der Waals surface area (Å²) in [7, 11) is 0. The van der Waals surface area contributed by atoms with E-state index in [4.69, 9.17) is 14.3 Å². The number of carbonyl (C=O) groups is 2. The summed E-state index contributed by atoms with van der Waals surface area (Å²) in [5, 5.41) is 9.70. The Hall–Kier alpha value is -2.99. The number of furan rings is 1. The number of carboxylic acid groups (broad SMARTS) is 1. The topological polar surface area (TPSA) is 76.7 Å². The van der Waals surface area contributed by atoms with Gasteiger partial charge < -0.3 is 14.3 Å². The van der Waals surface area contributed by atoms with Crippen LogP contribution in [0.4, 0.5) is 0 Å². The molecule has 0 saturated heterocycles. The smallest absolute Gasteiger partial charge is 0.341 e. The van der Waals surface area contributed by atoms with Crippen LogP contribution in [0.25, 0.3) is 17.0 Å². The number of aryl methyl sites for hydroxylation is 2. The van der Waals surface area contributed by atoms with Crippen LogP contribution >= 0.6 is 11.8 Å². The Morgan fingerprint density at radius 1 is 1.18 bits per heavy atom. The first-order valence-electron chi connectivity index (χ1n) is 8.63. The molecule has 0 amide bonds. The lowest BCUT2D eigenvalue weighted by molar-refractivity contribution is -0.139. The average Bonchev–Trinajstić information content (AvgIpc) is 3.14. The Morgan fingerprint density at radius 2 is 1.89 bits per heavy atom. The number of allylic oxidation sites excluding steroid dienone is 1. The molecule has 1 aromatic heterocycles. The van der Waals surface area contributed by atoms with Gasteiger partial charge in [-0.2, -0.15) is 0 Å². The van der Waals surface area contributed by atoms with E-state index < -0.39 is 5.97 Å². The SMILES string of the molecule is CSc1ccc(C(=O)C=Cc2cc(C)c(OCC(=O)O)c(C)c2)c2occc12. The molecular formula is C22H20O5S. The first-order chi connectivity index (χ1) is 13.4. The summed E-state index contributed by atoms with van der Waals surface area (Å²) in [6, 6.07) is 9.28. The fraction of sp³-hybridized carbons (Fsp3) is 0.182. The fourth-order valence-electron chi connectivity index (χ4n) is 3.11. The fourth-order valence-corrected chi connectivity index (χ4v) is 3.70. The molecular weight excluding hydrogens is 376 g/mol. The molecule has 0 aliphatic rings. The summed E-state index contributed by atoms with van der Waals surface area (Å²) in [4.78, 5) is 24.5. The van der Waals surface area contributed by atoms with Gasteiger partial charge in [0.05, 0.1) is 11.8 Å². The van der Waals surface area contributed by atoms with Crippen molar-refractivity contribution < 1.29 is 23.8 Å². The van der Waals surface area contributed by atoms with Gasteiger partial charge in [-0.25, -0.2) is 4.79 Å². The molecule has 0 unspecified atom stereocenters. The standard InChI is InChI=1S/C22H20O5S/c1-13-10-15(11-14(2)21(13)27-12-20(24)25)4-6-18(23)16-5-7-19(28-3)17-8-9-26-22(16)17/h4-11H,12H2,1-3H3,(H,24,25). The lowest BCUT2D eigenvalue weighted by Crippen LogP contribution is -2.11. The zero-order chi connectivity index (χ0) is 20.3. The first kappa shape index (κ1) is 19.8. The van der Waals surface area contributed by atoms with Gasteiger partial charge in [0.1, 0.15) is 11.3 Å². The van der Waals surface area contributed by atoms with E-state index in [1.807, 2.05) is 44.4 Å². The number of rotatable bonds is 7. The largest absolute Gasteiger partial charge is 0.481 e. The van der Waals surface area contributed by atoms with Crippen molar-refractivity contribution >= 4 is 40.6 Å². The van der Waals surface area contributed by atoms with Crippen LogP contribution in [0.3, 0.4) is 0 Å². The number of carboxylic acids is 1. The molecule has 1 N–H and O–H groups in total. The Balaban J connectivity index is 1.85. The van der Waals surface area contributed by atoms with Crippen molar-refractivity contribution in [3.63, 3.8) is 0 Å². The molecule has 0 fully saturated rings. The highest BCUT2D eigenvalue weighted by Gasteiger charge is 2.13. The van der Waals surface area contributed by atoms with E-state index in [9.17, 15) is 9.59 Å². The van der Waals surface area contributed by atoms with E-state index >= 15 is 0 Å². The predicted octanol–water partition coefficient (Wildman–Crippen LogP) is 5.13. The van der Waals surface area contributed by atoms with E-state index in [-0.39, 0.29) is 12.4 Å². The third-order valence-corrected chi connectivity index (χ3v) is 5.11. The van der Waals surface area contributed by atoms with Crippen molar-refractivity contribution in [1.29, 1.82) is 0 Å². The third-order valence-electron chi connectivity index (χ3n) is 4.31. The van der Waals surface area contributed by atoms with Crippen molar-refractivity contribution in [3.8, 4) is 5.75 Å². The first-order valence-corrected chi connectivity index (χ1v) is 9.85. The number of carbonyl (C=O) groups excluding carboxylic acids is 1. The van der Waals surface area contributed by atoms with Crippen LogP contribution in [0.5, 0.6) is 5.75 Å². The molecule has 5 nitrogen and oxygen atoms in total. The highest BCUT2D eigenvalue weighted by molar-refractivity contribution is 7.98. The molecule has 3 rings (SSSR count). The molecule has 144 valence electrons. The number of ketones is 1. The number of thioether (sulfide) groups is 1. The van der Waals surface area contributed by atoms with Crippen LogP contribution in [-0.2, 0) is 4.79 Å². The van der Waals surface area contributed by atoms with Gasteiger partial charge in [-0.05, 0) is 73.2 Å². The van der Waals surface area contributed by atoms with Crippen molar-refractivity contribution in [3.05, 3.63) is 64.9 Å². The average molecular weight is 396 g/mol. The van der Waals surface area contributed by atoms with Crippen LogP contribution in [0.1, 0.15) is 27.0 Å². The summed E-state index contributed by atoms with van der Waals surface area (Å²) in [6.07, 6.45) is 6.83. The number of benzene rings is 2. The van der Waals surface area contributed by atoms with Gasteiger partial charge in [0.15, 0.2) is 12.4 Å². The van der Waals surface area contributed by atoms with Crippen LogP contribution < -0.4 is 4.74 Å². The van der Waals surface area contributed by atoms with Gasteiger partial charge in [0, 0.05) is 10.3 Å². The molecule has 0 bridgehead atoms. The maximum Gasteiger partial charge on any atom is 0.341 e. The van der Waals surface area contributed by atoms with Crippen LogP contribution in [0.15, 0.2) is 52.0 Å². The molecule has 0 radical (unpaired) electrons. The van der Waals surface area contributed by atoms with Crippen molar-refractivity contribution in [2.24, 2.45) is 0 Å². The molecule has 2 aromatic carbocycles. The van der Waals surface area contributed by atoms with Gasteiger partial charge in [-0.3, -0.25) is 4.79 Å². The zero-order valence-electron chi connectivity index (χ0n) is 15.8. The van der Waals surface area contributed by atoms with Gasteiger partial charge in [0.2, 0.25) is 0 Å². The minimum atomic E-state index is -1.02. The second kappa shape index (κ2) is 8.35. The van der Waals surface area contributed by atoms with Crippen LogP contribution in [0, 0.1) is 13.8 Å². The van der Waals surface area contributed by atoms with Crippen molar-refractivity contribution in [1.82, 2.24) is 0 Å². The minimum Gasteiger partial charge on any atom is -0.481 e. The second-order valence-corrected chi connectivity index (χ2v) is 7.19. The van der Waals surface area contributed by atoms with E-state index in [0.717, 1.165) is 27.0 Å². The minimum absolute atomic E-state index is 0.144. The number of hydrogen-bond donors (Lipinski definition) is 1. The third kappa shape index (κ3) is 4.12. The highest BCUT2D eigenvalue weighted by Crippen LogP contribution is 2.30. The Labute approximate surface area is 167 Å². The van der Waals surface area contributed by atoms with E-state index in [2.05, 4.69) is 0 Å². The molecule has 0 atom stereocenters. The zero-order valence-corrected chi connectivity index (χ0v) is 16.6. The highest BCUT2D eigenvalue weighted by atomic mass is 32.2. The van der Waals surface area contributed by atoms with Crippen LogP contribution in [0.2, 0.25) is 0 Å². The predicted molar refractivity (Wildman–Crippen MR) is 110 cm³/mol. The molecule has 0 aliphatic carbocycles. The summed E-state index contributed by atoms with van der Waals surface area (Å²) < 4.78 is 10.9. The number of aliphatic carboxylic acids is 1. The molecule has 3 aromatic rings. The quantitative estimate of drug-likeness (QED) is 0.339. The number of ether oxygens (including phenoxy) is 1. The lowest BCUT2D eigenvalue weighted by Gasteiger charge is -2.11. The Morgan fingerprint density at radius 3 is 2.54 bits per heavy atom. The molecule has 6 heteroatoms. The number of hydrogen-bond acceptors (Lipinski definition) is 5. The Kier molecular flexibility index (Phi) is 5.90. The van der Waals surface area contributed by atoms with E-state index in [1.54, 1.807) is 30.2 Å². The monoisotopic (exact) mass is 396 g/mol. The Bertz CT molecular complexity index is 1050. The molecule has 0 spiro atoms. The van der Waals surface area contributed by atoms with E-state index in [0.29, 0.717) is 16.9 Å². The molecule has 0 aliphatic heterocycles. The summed E-state index contributed by atoms with van der Waals surface area (Å²) in [5.41, 5.74) is 3.56. The maximum atomic E-state index is 12.7. The van der Waals surface area contributed by atoms with E-state index in [1.165, 1.54) is 6.08 Å². The van der Waals surface area contributed by atoms with Crippen molar-refractivity contribution in [2.45, 2.75) is 18.7 Å². The molecule has 0 saturated carbocycles. The van der Waals surface area contributed by atoms with Gasteiger partial charge >= 0.3 is 5.97 Å². The summed E-state index contributed by atoms with van der Waals surface area (Å²) in [6.45, 7) is 3.30. The van der Waals surface area contributed by atoms with Crippen molar-refractivity contribution in [2.75, 3.05) is 12.9 Å². The molecule has 1 heterocycles. The second-order valence-electron chi connectivity index (χ2n) is 6.34. The van der Waals surface area contributed by atoms with Gasteiger partial charge in [-0.1, -0.05) is 6.08 Å². The van der Waals surface area contributed by atoms with Gasteiger partial charge in [0.25, 0.3) is 0 Å². The summed E-state index contributed by atoms with van der Waals surface area (Å²) in [5.74, 6) is -0.616.